The maximum Gasteiger partial charge on any atom is 0.162 e. The van der Waals surface area contributed by atoms with E-state index in [-0.39, 0.29) is 0 Å². The minimum Gasteiger partial charge on any atom is -0.222 e. The smallest absolute Gasteiger partial charge is 0.162 e. The summed E-state index contributed by atoms with van der Waals surface area (Å²) in [6, 6.07) is 11.9. The second-order valence-corrected chi connectivity index (χ2v) is 6.80. The Morgan fingerprint density at radius 1 is 1.00 bits per heavy atom. The number of hydrogen-bond acceptors (Lipinski definition) is 3. The topological polar surface area (TPSA) is 25.8 Å². The van der Waals surface area contributed by atoms with E-state index in [0.29, 0.717) is 10.4 Å². The lowest BCUT2D eigenvalue weighted by Crippen LogP contribution is -2.08. The Kier molecular flexibility index (Phi) is 4.58. The van der Waals surface area contributed by atoms with Crippen molar-refractivity contribution in [3.05, 3.63) is 41.6 Å². The molecule has 2 aromatic rings. The van der Waals surface area contributed by atoms with Gasteiger partial charge in [0.25, 0.3) is 0 Å². The van der Waals surface area contributed by atoms with Gasteiger partial charge in [-0.05, 0) is 12.8 Å². The van der Waals surface area contributed by atoms with Crippen LogP contribution in [0.25, 0.3) is 11.4 Å². The molecule has 0 radical (unpaired) electrons. The highest BCUT2D eigenvalue weighted by atomic mass is 35.5. The van der Waals surface area contributed by atoms with Crippen LogP contribution in [0.15, 0.2) is 41.4 Å². The molecule has 1 aromatic heterocycles. The van der Waals surface area contributed by atoms with Crippen LogP contribution in [0.4, 0.5) is 0 Å². The standard InChI is InChI=1S/C16H17ClN2S/c17-14-11-15(20-13-9-5-2-6-10-13)19-16(18-14)12-7-3-1-4-8-12/h1,3-4,7-8,11,13H,2,5-6,9-10H2. The lowest BCUT2D eigenvalue weighted by molar-refractivity contribution is 0.515. The molecule has 0 aliphatic heterocycles. The molecule has 0 saturated heterocycles. The van der Waals surface area contributed by atoms with Gasteiger partial charge < -0.3 is 0 Å². The van der Waals surface area contributed by atoms with Gasteiger partial charge in [-0.2, -0.15) is 0 Å². The average molecular weight is 305 g/mol. The number of halogens is 1. The van der Waals surface area contributed by atoms with Crippen molar-refractivity contribution < 1.29 is 0 Å². The summed E-state index contributed by atoms with van der Waals surface area (Å²) in [7, 11) is 0. The first kappa shape index (κ1) is 13.9. The monoisotopic (exact) mass is 304 g/mol. The number of hydrogen-bond donors (Lipinski definition) is 0. The van der Waals surface area contributed by atoms with E-state index in [4.69, 9.17) is 11.6 Å². The third-order valence-electron chi connectivity index (χ3n) is 3.54. The molecule has 1 fully saturated rings. The molecule has 0 amide bonds. The van der Waals surface area contributed by atoms with Crippen LogP contribution in [-0.2, 0) is 0 Å². The minimum atomic E-state index is 0.525. The van der Waals surface area contributed by atoms with E-state index < -0.39 is 0 Å². The van der Waals surface area contributed by atoms with E-state index in [0.717, 1.165) is 16.4 Å². The van der Waals surface area contributed by atoms with Crippen LogP contribution in [0, 0.1) is 0 Å². The van der Waals surface area contributed by atoms with Crippen LogP contribution >= 0.6 is 23.4 Å². The first-order valence-electron chi connectivity index (χ1n) is 7.08. The molecule has 4 heteroatoms. The highest BCUT2D eigenvalue weighted by molar-refractivity contribution is 7.99. The Balaban J connectivity index is 1.83. The molecule has 0 atom stereocenters. The first-order valence-corrected chi connectivity index (χ1v) is 8.34. The molecule has 0 N–H and O–H groups in total. The molecule has 0 spiro atoms. The number of thioether (sulfide) groups is 1. The van der Waals surface area contributed by atoms with E-state index in [1.165, 1.54) is 32.1 Å². The second-order valence-electron chi connectivity index (χ2n) is 5.10. The van der Waals surface area contributed by atoms with Gasteiger partial charge in [0, 0.05) is 16.9 Å². The van der Waals surface area contributed by atoms with Gasteiger partial charge in [-0.3, -0.25) is 0 Å². The van der Waals surface area contributed by atoms with Gasteiger partial charge >= 0.3 is 0 Å². The molecule has 1 heterocycles. The molecule has 1 aliphatic rings. The second kappa shape index (κ2) is 6.59. The predicted molar refractivity (Wildman–Crippen MR) is 85.2 cm³/mol. The van der Waals surface area contributed by atoms with Gasteiger partial charge in [0.1, 0.15) is 10.2 Å². The maximum absolute atomic E-state index is 6.15. The number of aromatic nitrogens is 2. The zero-order valence-corrected chi connectivity index (χ0v) is 12.8. The molecule has 3 rings (SSSR count). The van der Waals surface area contributed by atoms with Crippen LogP contribution < -0.4 is 0 Å². The van der Waals surface area contributed by atoms with Gasteiger partial charge in [-0.1, -0.05) is 61.2 Å². The van der Waals surface area contributed by atoms with Crippen molar-refractivity contribution in [2.45, 2.75) is 42.4 Å². The molecule has 0 bridgehead atoms. The molecule has 104 valence electrons. The largest absolute Gasteiger partial charge is 0.222 e. The van der Waals surface area contributed by atoms with Crippen molar-refractivity contribution in [2.24, 2.45) is 0 Å². The fourth-order valence-electron chi connectivity index (χ4n) is 2.53. The maximum atomic E-state index is 6.15. The van der Waals surface area contributed by atoms with Crippen molar-refractivity contribution >= 4 is 23.4 Å². The fourth-order valence-corrected chi connectivity index (χ4v) is 4.00. The Labute approximate surface area is 129 Å². The fraction of sp³-hybridized carbons (Fsp3) is 0.375. The number of benzene rings is 1. The molecule has 2 nitrogen and oxygen atoms in total. The lowest BCUT2D eigenvalue weighted by Gasteiger charge is -2.20. The average Bonchev–Trinajstić information content (AvgIpc) is 2.49. The molecular formula is C16H17ClN2S. The van der Waals surface area contributed by atoms with E-state index >= 15 is 0 Å². The highest BCUT2D eigenvalue weighted by Gasteiger charge is 2.16. The Bertz CT molecular complexity index is 568. The number of rotatable bonds is 3. The zero-order chi connectivity index (χ0) is 13.8. The molecule has 20 heavy (non-hydrogen) atoms. The van der Waals surface area contributed by atoms with Gasteiger partial charge in [-0.25, -0.2) is 9.97 Å². The van der Waals surface area contributed by atoms with Crippen molar-refractivity contribution in [1.29, 1.82) is 0 Å². The van der Waals surface area contributed by atoms with E-state index in [2.05, 4.69) is 9.97 Å². The Hall–Kier alpha value is -1.06. The summed E-state index contributed by atoms with van der Waals surface area (Å²) in [4.78, 5) is 9.00. The van der Waals surface area contributed by atoms with Gasteiger partial charge in [0.2, 0.25) is 0 Å². The molecule has 1 aliphatic carbocycles. The third kappa shape index (κ3) is 3.53. The van der Waals surface area contributed by atoms with Gasteiger partial charge in [0.15, 0.2) is 5.82 Å². The molecule has 1 saturated carbocycles. The van der Waals surface area contributed by atoms with Crippen LogP contribution in [0.5, 0.6) is 0 Å². The van der Waals surface area contributed by atoms with Crippen LogP contribution in [0.2, 0.25) is 5.15 Å². The van der Waals surface area contributed by atoms with Crippen molar-refractivity contribution in [1.82, 2.24) is 9.97 Å². The third-order valence-corrected chi connectivity index (χ3v) is 4.99. The number of nitrogens with zero attached hydrogens (tertiary/aromatic N) is 2. The summed E-state index contributed by atoms with van der Waals surface area (Å²) in [6.45, 7) is 0. The first-order chi connectivity index (χ1) is 9.81. The van der Waals surface area contributed by atoms with E-state index in [1.807, 2.05) is 48.2 Å². The molecular weight excluding hydrogens is 288 g/mol. The van der Waals surface area contributed by atoms with Gasteiger partial charge in [-0.15, -0.1) is 11.8 Å². The van der Waals surface area contributed by atoms with Gasteiger partial charge in [0.05, 0.1) is 0 Å². The summed E-state index contributed by atoms with van der Waals surface area (Å²) in [5.41, 5.74) is 1.01. The summed E-state index contributed by atoms with van der Waals surface area (Å²) >= 11 is 8.01. The molecule has 0 unspecified atom stereocenters. The zero-order valence-electron chi connectivity index (χ0n) is 11.3. The summed E-state index contributed by atoms with van der Waals surface area (Å²) in [6.07, 6.45) is 6.61. The SMILES string of the molecule is Clc1cc(SC2CCCCC2)nc(-c2ccccc2)n1. The van der Waals surface area contributed by atoms with E-state index in [1.54, 1.807) is 0 Å². The summed E-state index contributed by atoms with van der Waals surface area (Å²) < 4.78 is 0. The summed E-state index contributed by atoms with van der Waals surface area (Å²) in [5, 5.41) is 2.20. The highest BCUT2D eigenvalue weighted by Crippen LogP contribution is 2.34. The minimum absolute atomic E-state index is 0.525. The predicted octanol–water partition coefficient (Wildman–Crippen LogP) is 5.22. The molecule has 1 aromatic carbocycles. The Morgan fingerprint density at radius 3 is 2.50 bits per heavy atom. The summed E-state index contributed by atoms with van der Waals surface area (Å²) in [5.74, 6) is 0.719. The Morgan fingerprint density at radius 2 is 1.75 bits per heavy atom. The van der Waals surface area contributed by atoms with Crippen molar-refractivity contribution in [3.8, 4) is 11.4 Å². The van der Waals surface area contributed by atoms with Crippen LogP contribution in [-0.4, -0.2) is 15.2 Å². The lowest BCUT2D eigenvalue weighted by atomic mass is 10.0. The van der Waals surface area contributed by atoms with Crippen LogP contribution in [0.3, 0.4) is 0 Å². The van der Waals surface area contributed by atoms with Crippen molar-refractivity contribution in [3.63, 3.8) is 0 Å². The quantitative estimate of drug-likeness (QED) is 0.727. The van der Waals surface area contributed by atoms with Crippen molar-refractivity contribution in [2.75, 3.05) is 0 Å². The van der Waals surface area contributed by atoms with E-state index in [9.17, 15) is 0 Å². The van der Waals surface area contributed by atoms with Crippen LogP contribution in [0.1, 0.15) is 32.1 Å². The normalized spacial score (nSPS) is 16.2.